The predicted octanol–water partition coefficient (Wildman–Crippen LogP) is 1.78. The molecule has 0 aromatic heterocycles. The lowest BCUT2D eigenvalue weighted by Crippen LogP contribution is -2.22. The number of ether oxygens (including phenoxy) is 1. The van der Waals surface area contributed by atoms with Crippen LogP contribution in [0.5, 0.6) is 5.75 Å². The molecule has 0 aliphatic heterocycles. The molecule has 0 heterocycles. The molecule has 1 saturated carbocycles. The van der Waals surface area contributed by atoms with Crippen molar-refractivity contribution in [3.05, 3.63) is 24.3 Å². The monoisotopic (exact) mass is 234 g/mol. The van der Waals surface area contributed by atoms with Crippen LogP contribution in [0.15, 0.2) is 24.3 Å². The summed E-state index contributed by atoms with van der Waals surface area (Å²) >= 11 is 0. The zero-order valence-electron chi connectivity index (χ0n) is 10.0. The van der Waals surface area contributed by atoms with Gasteiger partial charge in [-0.1, -0.05) is 6.07 Å². The van der Waals surface area contributed by atoms with E-state index in [4.69, 9.17) is 4.74 Å². The van der Waals surface area contributed by atoms with Gasteiger partial charge in [-0.05, 0) is 25.0 Å². The van der Waals surface area contributed by atoms with Crippen LogP contribution in [0.1, 0.15) is 19.8 Å². The standard InChI is InChI=1S/C13H18N2O2/c1-10(16)15-12-3-2-4-13(9-12)17-8-7-14-11-5-6-11/h2-4,9,11,14H,5-8H2,1H3,(H,15,16). The van der Waals surface area contributed by atoms with Crippen molar-refractivity contribution in [1.82, 2.24) is 5.32 Å². The lowest BCUT2D eigenvalue weighted by Gasteiger charge is -2.08. The van der Waals surface area contributed by atoms with Crippen LogP contribution in [0, 0.1) is 0 Å². The molecule has 2 N–H and O–H groups in total. The Morgan fingerprint density at radius 3 is 3.00 bits per heavy atom. The Bertz CT molecular complexity index is 389. The van der Waals surface area contributed by atoms with Crippen LogP contribution in [0.2, 0.25) is 0 Å². The van der Waals surface area contributed by atoms with Gasteiger partial charge in [-0.3, -0.25) is 4.79 Å². The number of amides is 1. The molecular weight excluding hydrogens is 216 g/mol. The highest BCUT2D eigenvalue weighted by molar-refractivity contribution is 5.88. The minimum atomic E-state index is -0.0717. The second kappa shape index (κ2) is 5.68. The van der Waals surface area contributed by atoms with E-state index in [1.807, 2.05) is 24.3 Å². The van der Waals surface area contributed by atoms with E-state index in [1.54, 1.807) is 0 Å². The van der Waals surface area contributed by atoms with Crippen molar-refractivity contribution < 1.29 is 9.53 Å². The maximum absolute atomic E-state index is 10.9. The Kier molecular flexibility index (Phi) is 3.98. The van der Waals surface area contributed by atoms with Gasteiger partial charge in [-0.2, -0.15) is 0 Å². The zero-order valence-corrected chi connectivity index (χ0v) is 10.0. The molecule has 1 aliphatic rings. The summed E-state index contributed by atoms with van der Waals surface area (Å²) < 4.78 is 5.59. The molecule has 1 aliphatic carbocycles. The zero-order chi connectivity index (χ0) is 12.1. The van der Waals surface area contributed by atoms with Crippen molar-refractivity contribution >= 4 is 11.6 Å². The van der Waals surface area contributed by atoms with Gasteiger partial charge in [0, 0.05) is 31.3 Å². The predicted molar refractivity (Wildman–Crippen MR) is 67.3 cm³/mol. The van der Waals surface area contributed by atoms with Gasteiger partial charge in [0.25, 0.3) is 0 Å². The minimum Gasteiger partial charge on any atom is -0.492 e. The fourth-order valence-corrected chi connectivity index (χ4v) is 1.59. The fraction of sp³-hybridized carbons (Fsp3) is 0.462. The molecular formula is C13H18N2O2. The van der Waals surface area contributed by atoms with Gasteiger partial charge in [-0.25, -0.2) is 0 Å². The maximum atomic E-state index is 10.9. The van der Waals surface area contributed by atoms with Crippen molar-refractivity contribution in [3.63, 3.8) is 0 Å². The van der Waals surface area contributed by atoms with E-state index >= 15 is 0 Å². The molecule has 0 unspecified atom stereocenters. The molecule has 1 aromatic carbocycles. The summed E-state index contributed by atoms with van der Waals surface area (Å²) in [6.07, 6.45) is 2.58. The molecule has 2 rings (SSSR count). The van der Waals surface area contributed by atoms with E-state index in [1.165, 1.54) is 19.8 Å². The van der Waals surface area contributed by atoms with E-state index in [0.717, 1.165) is 18.0 Å². The average molecular weight is 234 g/mol. The van der Waals surface area contributed by atoms with Gasteiger partial charge < -0.3 is 15.4 Å². The van der Waals surface area contributed by atoms with Crippen LogP contribution in [0.4, 0.5) is 5.69 Å². The normalized spacial score (nSPS) is 14.4. The number of rotatable bonds is 6. The first-order valence-electron chi connectivity index (χ1n) is 5.98. The molecule has 1 aromatic rings. The van der Waals surface area contributed by atoms with Crippen LogP contribution < -0.4 is 15.4 Å². The van der Waals surface area contributed by atoms with Crippen molar-refractivity contribution in [2.45, 2.75) is 25.8 Å². The first kappa shape index (κ1) is 11.9. The Morgan fingerprint density at radius 2 is 2.29 bits per heavy atom. The molecule has 4 nitrogen and oxygen atoms in total. The van der Waals surface area contributed by atoms with Crippen molar-refractivity contribution in [1.29, 1.82) is 0 Å². The summed E-state index contributed by atoms with van der Waals surface area (Å²) in [6, 6.07) is 8.15. The summed E-state index contributed by atoms with van der Waals surface area (Å²) in [5, 5.41) is 6.11. The maximum Gasteiger partial charge on any atom is 0.221 e. The summed E-state index contributed by atoms with van der Waals surface area (Å²) in [5.74, 6) is 0.714. The van der Waals surface area contributed by atoms with Crippen LogP contribution in [0.25, 0.3) is 0 Å². The lowest BCUT2D eigenvalue weighted by atomic mass is 10.3. The highest BCUT2D eigenvalue weighted by Crippen LogP contribution is 2.19. The first-order valence-corrected chi connectivity index (χ1v) is 5.98. The summed E-state index contributed by atoms with van der Waals surface area (Å²) in [5.41, 5.74) is 0.769. The van der Waals surface area contributed by atoms with Crippen LogP contribution in [-0.4, -0.2) is 25.1 Å². The molecule has 4 heteroatoms. The average Bonchev–Trinajstić information content (AvgIpc) is 3.08. The van der Waals surface area contributed by atoms with E-state index < -0.39 is 0 Å². The van der Waals surface area contributed by atoms with Crippen LogP contribution in [0.3, 0.4) is 0 Å². The second-order valence-corrected chi connectivity index (χ2v) is 4.29. The van der Waals surface area contributed by atoms with Crippen LogP contribution >= 0.6 is 0 Å². The van der Waals surface area contributed by atoms with Gasteiger partial charge in [0.15, 0.2) is 0 Å². The number of nitrogens with one attached hydrogen (secondary N) is 2. The summed E-state index contributed by atoms with van der Waals surface area (Å²) in [7, 11) is 0. The summed E-state index contributed by atoms with van der Waals surface area (Å²) in [6.45, 7) is 3.02. The topological polar surface area (TPSA) is 50.4 Å². The number of hydrogen-bond acceptors (Lipinski definition) is 3. The van der Waals surface area contributed by atoms with E-state index in [0.29, 0.717) is 12.6 Å². The number of carbonyl (C=O) groups excluding carboxylic acids is 1. The Balaban J connectivity index is 1.76. The number of benzene rings is 1. The quantitative estimate of drug-likeness (QED) is 0.738. The Morgan fingerprint density at radius 1 is 1.47 bits per heavy atom. The third kappa shape index (κ3) is 4.44. The third-order valence-electron chi connectivity index (χ3n) is 2.54. The second-order valence-electron chi connectivity index (χ2n) is 4.29. The molecule has 0 bridgehead atoms. The van der Waals surface area contributed by atoms with E-state index in [9.17, 15) is 4.79 Å². The number of anilines is 1. The molecule has 1 fully saturated rings. The third-order valence-corrected chi connectivity index (χ3v) is 2.54. The minimum absolute atomic E-state index is 0.0717. The molecule has 92 valence electrons. The van der Waals surface area contributed by atoms with Gasteiger partial charge in [-0.15, -0.1) is 0 Å². The van der Waals surface area contributed by atoms with Gasteiger partial charge in [0.1, 0.15) is 12.4 Å². The molecule has 0 spiro atoms. The molecule has 17 heavy (non-hydrogen) atoms. The lowest BCUT2D eigenvalue weighted by molar-refractivity contribution is -0.114. The van der Waals surface area contributed by atoms with Crippen molar-refractivity contribution in [3.8, 4) is 5.75 Å². The number of carbonyl (C=O) groups is 1. The highest BCUT2D eigenvalue weighted by Gasteiger charge is 2.19. The molecule has 0 radical (unpaired) electrons. The smallest absolute Gasteiger partial charge is 0.221 e. The summed E-state index contributed by atoms with van der Waals surface area (Å²) in [4.78, 5) is 10.9. The first-order chi connectivity index (χ1) is 8.24. The van der Waals surface area contributed by atoms with Crippen LogP contribution in [-0.2, 0) is 4.79 Å². The molecule has 0 saturated heterocycles. The Hall–Kier alpha value is -1.55. The highest BCUT2D eigenvalue weighted by atomic mass is 16.5. The van der Waals surface area contributed by atoms with Gasteiger partial charge in [0.2, 0.25) is 5.91 Å². The largest absolute Gasteiger partial charge is 0.492 e. The van der Waals surface area contributed by atoms with Crippen molar-refractivity contribution in [2.24, 2.45) is 0 Å². The fourth-order valence-electron chi connectivity index (χ4n) is 1.59. The SMILES string of the molecule is CC(=O)Nc1cccc(OCCNC2CC2)c1. The molecule has 1 amide bonds. The van der Waals surface area contributed by atoms with E-state index in [2.05, 4.69) is 10.6 Å². The number of hydrogen-bond donors (Lipinski definition) is 2. The van der Waals surface area contributed by atoms with Gasteiger partial charge in [0.05, 0.1) is 0 Å². The van der Waals surface area contributed by atoms with E-state index in [-0.39, 0.29) is 5.91 Å². The molecule has 0 atom stereocenters. The van der Waals surface area contributed by atoms with Gasteiger partial charge >= 0.3 is 0 Å². The Labute approximate surface area is 101 Å². The van der Waals surface area contributed by atoms with Crippen molar-refractivity contribution in [2.75, 3.05) is 18.5 Å².